The molecule has 0 aromatic heterocycles. The Morgan fingerprint density at radius 1 is 1.31 bits per heavy atom. The van der Waals surface area contributed by atoms with Gasteiger partial charge in [-0.2, -0.15) is 0 Å². The van der Waals surface area contributed by atoms with E-state index >= 15 is 0 Å². The maximum atomic E-state index is 12.8. The lowest BCUT2D eigenvalue weighted by Crippen LogP contribution is -2.44. The molecule has 0 radical (unpaired) electrons. The fourth-order valence-corrected chi connectivity index (χ4v) is 4.67. The van der Waals surface area contributed by atoms with Crippen molar-refractivity contribution in [2.24, 2.45) is 0 Å². The van der Waals surface area contributed by atoms with E-state index in [-0.39, 0.29) is 18.3 Å². The Bertz CT molecular complexity index is 685. The topological polar surface area (TPSA) is 87.2 Å². The van der Waals surface area contributed by atoms with E-state index in [0.717, 1.165) is 0 Å². The second-order valence-electron chi connectivity index (χ2n) is 6.19. The van der Waals surface area contributed by atoms with Crippen LogP contribution in [0.3, 0.4) is 0 Å². The first-order chi connectivity index (χ1) is 12.5. The summed E-state index contributed by atoms with van der Waals surface area (Å²) in [4.78, 5) is 11.0. The molecule has 1 amide bonds. The molecule has 1 unspecified atom stereocenters. The van der Waals surface area contributed by atoms with Crippen molar-refractivity contribution >= 4 is 16.4 Å². The van der Waals surface area contributed by atoms with Gasteiger partial charge in [-0.25, -0.2) is 17.8 Å². The van der Waals surface area contributed by atoms with Crippen LogP contribution in [0.5, 0.6) is 0 Å². The predicted molar refractivity (Wildman–Crippen MR) is 98.0 cm³/mol. The van der Waals surface area contributed by atoms with Crippen LogP contribution < -0.4 is 0 Å². The Labute approximate surface area is 154 Å². The third-order valence-corrected chi connectivity index (χ3v) is 6.33. The highest BCUT2D eigenvalue weighted by molar-refractivity contribution is 7.89. The molecule has 1 aliphatic heterocycles. The fourth-order valence-electron chi connectivity index (χ4n) is 2.94. The van der Waals surface area contributed by atoms with E-state index in [1.54, 1.807) is 30.3 Å². The number of benzene rings is 1. The normalized spacial score (nSPS) is 18.1. The van der Waals surface area contributed by atoms with Crippen LogP contribution in [0.2, 0.25) is 0 Å². The number of carbonyl (C=O) groups is 1. The zero-order valence-electron chi connectivity index (χ0n) is 14.9. The van der Waals surface area contributed by atoms with E-state index in [1.807, 2.05) is 19.1 Å². The molecular formula is C18H26N2O5S. The van der Waals surface area contributed by atoms with Crippen LogP contribution >= 0.6 is 0 Å². The van der Waals surface area contributed by atoms with Crippen molar-refractivity contribution in [2.45, 2.75) is 31.9 Å². The van der Waals surface area contributed by atoms with Gasteiger partial charge in [-0.1, -0.05) is 42.5 Å². The van der Waals surface area contributed by atoms with Crippen molar-refractivity contribution in [3.8, 4) is 0 Å². The van der Waals surface area contributed by atoms with Crippen LogP contribution in [0.1, 0.15) is 31.4 Å². The van der Waals surface area contributed by atoms with E-state index < -0.39 is 16.1 Å². The first kappa shape index (κ1) is 20.6. The molecule has 1 saturated heterocycles. The molecule has 0 saturated carbocycles. The zero-order chi connectivity index (χ0) is 19.0. The minimum absolute atomic E-state index is 0.0480. The average molecular weight is 382 g/mol. The highest BCUT2D eigenvalue weighted by atomic mass is 32.2. The first-order valence-electron chi connectivity index (χ1n) is 8.66. The summed E-state index contributed by atoms with van der Waals surface area (Å²) in [6, 6.07) is 7.70. The summed E-state index contributed by atoms with van der Waals surface area (Å²) < 4.78 is 32.7. The SMILES string of the molecule is C/C=C/COC1CCN(S(=O)(=O)CC(c2ccccc2)N(O)C=O)CC1. The number of piperidine rings is 1. The molecule has 0 spiro atoms. The molecule has 7 nitrogen and oxygen atoms in total. The number of hydrogen-bond donors (Lipinski definition) is 1. The number of hydrogen-bond acceptors (Lipinski definition) is 5. The molecule has 1 aromatic rings. The van der Waals surface area contributed by atoms with Gasteiger partial charge in [0.2, 0.25) is 16.4 Å². The maximum Gasteiger partial charge on any atom is 0.233 e. The summed E-state index contributed by atoms with van der Waals surface area (Å²) in [6.45, 7) is 3.20. The molecule has 1 atom stereocenters. The molecule has 8 heteroatoms. The van der Waals surface area contributed by atoms with Gasteiger partial charge < -0.3 is 4.74 Å². The number of amides is 1. The molecule has 144 valence electrons. The van der Waals surface area contributed by atoms with Crippen LogP contribution in [0, 0.1) is 0 Å². The number of carbonyl (C=O) groups excluding carboxylic acids is 1. The van der Waals surface area contributed by atoms with E-state index in [4.69, 9.17) is 4.74 Å². The van der Waals surface area contributed by atoms with Gasteiger partial charge in [0.05, 0.1) is 24.5 Å². The van der Waals surface area contributed by atoms with Gasteiger partial charge in [0.25, 0.3) is 0 Å². The standard InChI is InChI=1S/C18H26N2O5S/c1-2-3-13-25-17-9-11-19(12-10-17)26(23,24)14-18(20(22)15-21)16-7-5-4-6-8-16/h2-8,15,17-18,22H,9-14H2,1H3/b3-2+. The van der Waals surface area contributed by atoms with Gasteiger partial charge in [-0.15, -0.1) is 0 Å². The maximum absolute atomic E-state index is 12.8. The minimum Gasteiger partial charge on any atom is -0.374 e. The molecule has 1 heterocycles. The van der Waals surface area contributed by atoms with Crippen LogP contribution in [0.4, 0.5) is 0 Å². The van der Waals surface area contributed by atoms with Crippen molar-refractivity contribution in [3.63, 3.8) is 0 Å². The monoisotopic (exact) mass is 382 g/mol. The van der Waals surface area contributed by atoms with Crippen LogP contribution in [-0.4, -0.2) is 61.0 Å². The van der Waals surface area contributed by atoms with Gasteiger partial charge in [0.15, 0.2) is 0 Å². The van der Waals surface area contributed by atoms with Crippen LogP contribution in [0.25, 0.3) is 0 Å². The average Bonchev–Trinajstić information content (AvgIpc) is 2.67. The predicted octanol–water partition coefficient (Wildman–Crippen LogP) is 1.96. The summed E-state index contributed by atoms with van der Waals surface area (Å²) in [5.74, 6) is -0.365. The lowest BCUT2D eigenvalue weighted by atomic mass is 10.1. The Morgan fingerprint density at radius 2 is 1.96 bits per heavy atom. The van der Waals surface area contributed by atoms with Gasteiger partial charge in [0.1, 0.15) is 0 Å². The largest absolute Gasteiger partial charge is 0.374 e. The Hall–Kier alpha value is -1.74. The summed E-state index contributed by atoms with van der Waals surface area (Å²) in [7, 11) is -3.63. The Kier molecular flexibility index (Phi) is 7.77. The van der Waals surface area contributed by atoms with Gasteiger partial charge in [0, 0.05) is 13.1 Å². The summed E-state index contributed by atoms with van der Waals surface area (Å²) in [6.07, 6.45) is 5.37. The lowest BCUT2D eigenvalue weighted by molar-refractivity contribution is -0.159. The van der Waals surface area contributed by atoms with E-state index in [2.05, 4.69) is 0 Å². The highest BCUT2D eigenvalue weighted by Gasteiger charge is 2.32. The summed E-state index contributed by atoms with van der Waals surface area (Å²) in [5.41, 5.74) is 0.565. The van der Waals surface area contributed by atoms with Crippen molar-refractivity contribution in [1.29, 1.82) is 0 Å². The number of ether oxygens (including phenoxy) is 1. The van der Waals surface area contributed by atoms with Crippen LogP contribution in [-0.2, 0) is 19.6 Å². The molecule has 2 rings (SSSR count). The number of sulfonamides is 1. The van der Waals surface area contributed by atoms with Crippen LogP contribution in [0.15, 0.2) is 42.5 Å². The smallest absolute Gasteiger partial charge is 0.233 e. The van der Waals surface area contributed by atoms with Crippen molar-refractivity contribution < 1.29 is 23.2 Å². The minimum atomic E-state index is -3.63. The molecule has 1 fully saturated rings. The van der Waals surface area contributed by atoms with Crippen molar-refractivity contribution in [2.75, 3.05) is 25.4 Å². The molecule has 1 aliphatic rings. The quantitative estimate of drug-likeness (QED) is 0.305. The zero-order valence-corrected chi connectivity index (χ0v) is 15.7. The Morgan fingerprint density at radius 3 is 2.54 bits per heavy atom. The van der Waals surface area contributed by atoms with Gasteiger partial charge in [-0.05, 0) is 25.3 Å². The van der Waals surface area contributed by atoms with Crippen molar-refractivity contribution in [1.82, 2.24) is 9.37 Å². The lowest BCUT2D eigenvalue weighted by Gasteiger charge is -2.32. The molecular weight excluding hydrogens is 356 g/mol. The summed E-state index contributed by atoms with van der Waals surface area (Å²) in [5, 5.41) is 10.3. The second kappa shape index (κ2) is 9.82. The van der Waals surface area contributed by atoms with Gasteiger partial charge >= 0.3 is 0 Å². The number of rotatable bonds is 9. The van der Waals surface area contributed by atoms with E-state index in [0.29, 0.717) is 43.2 Å². The summed E-state index contributed by atoms with van der Waals surface area (Å²) >= 11 is 0. The second-order valence-corrected chi connectivity index (χ2v) is 8.20. The molecule has 1 aromatic carbocycles. The molecule has 0 aliphatic carbocycles. The highest BCUT2D eigenvalue weighted by Crippen LogP contribution is 2.24. The molecule has 0 bridgehead atoms. The molecule has 1 N–H and O–H groups in total. The first-order valence-corrected chi connectivity index (χ1v) is 10.3. The Balaban J connectivity index is 2.01. The number of nitrogens with zero attached hydrogens (tertiary/aromatic N) is 2. The number of hydroxylamine groups is 2. The van der Waals surface area contributed by atoms with Crippen molar-refractivity contribution in [3.05, 3.63) is 48.0 Å². The third-order valence-electron chi connectivity index (χ3n) is 4.44. The third kappa shape index (κ3) is 5.63. The van der Waals surface area contributed by atoms with E-state index in [9.17, 15) is 18.4 Å². The van der Waals surface area contributed by atoms with E-state index in [1.165, 1.54) is 4.31 Å². The number of allylic oxidation sites excluding steroid dienone is 1. The fraction of sp³-hybridized carbons (Fsp3) is 0.500. The molecule has 26 heavy (non-hydrogen) atoms. The van der Waals surface area contributed by atoms with Gasteiger partial charge in [-0.3, -0.25) is 10.0 Å².